The van der Waals surface area contributed by atoms with Crippen LogP contribution in [-0.2, 0) is 24.3 Å². The largest absolute Gasteiger partial charge is 0.455 e. The summed E-state index contributed by atoms with van der Waals surface area (Å²) in [4.78, 5) is 23.5. The molecule has 0 aliphatic heterocycles. The molecule has 0 radical (unpaired) electrons. The van der Waals surface area contributed by atoms with Crippen molar-refractivity contribution >= 4 is 27.6 Å². The van der Waals surface area contributed by atoms with Crippen LogP contribution in [0.4, 0.5) is 5.69 Å². The maximum absolute atomic E-state index is 12.0. The van der Waals surface area contributed by atoms with Crippen LogP contribution in [0.15, 0.2) is 59.5 Å². The van der Waals surface area contributed by atoms with Crippen LogP contribution in [0.5, 0.6) is 0 Å². The second-order valence-corrected chi connectivity index (χ2v) is 7.89. The van der Waals surface area contributed by atoms with E-state index >= 15 is 0 Å². The summed E-state index contributed by atoms with van der Waals surface area (Å²) < 4.78 is 30.9. The van der Waals surface area contributed by atoms with Gasteiger partial charge in [0.1, 0.15) is 6.54 Å². The van der Waals surface area contributed by atoms with Crippen LogP contribution in [0.2, 0.25) is 0 Å². The van der Waals surface area contributed by atoms with E-state index in [4.69, 9.17) is 4.74 Å². The van der Waals surface area contributed by atoms with Crippen molar-refractivity contribution in [2.75, 3.05) is 18.5 Å². The van der Waals surface area contributed by atoms with Gasteiger partial charge in [-0.2, -0.15) is 4.72 Å². The Morgan fingerprint density at radius 3 is 2.22 bits per heavy atom. The zero-order valence-electron chi connectivity index (χ0n) is 15.1. The van der Waals surface area contributed by atoms with Gasteiger partial charge in [0.05, 0.1) is 4.90 Å². The molecule has 144 valence electrons. The van der Waals surface area contributed by atoms with E-state index in [9.17, 15) is 18.0 Å². The molecule has 2 N–H and O–H groups in total. The van der Waals surface area contributed by atoms with Crippen LogP contribution in [0.3, 0.4) is 0 Å². The number of sulfonamides is 1. The Bertz CT molecular complexity index is 878. The third-order valence-corrected chi connectivity index (χ3v) is 5.10. The summed E-state index contributed by atoms with van der Waals surface area (Å²) in [6.45, 7) is 3.07. The molecule has 2 aromatic rings. The molecule has 27 heavy (non-hydrogen) atoms. The molecule has 0 spiro atoms. The Morgan fingerprint density at radius 2 is 1.63 bits per heavy atom. The van der Waals surface area contributed by atoms with Crippen LogP contribution in [0.1, 0.15) is 25.3 Å². The number of nitrogens with one attached hydrogen (secondary N) is 2. The Morgan fingerprint density at radius 1 is 1.00 bits per heavy atom. The molecule has 0 aliphatic rings. The fourth-order valence-electron chi connectivity index (χ4n) is 2.18. The van der Waals surface area contributed by atoms with E-state index in [2.05, 4.69) is 23.9 Å². The predicted molar refractivity (Wildman–Crippen MR) is 102 cm³/mol. The Labute approximate surface area is 158 Å². The number of benzene rings is 2. The fraction of sp³-hybridized carbons (Fsp3) is 0.263. The van der Waals surface area contributed by atoms with Gasteiger partial charge in [-0.25, -0.2) is 8.42 Å². The number of hydrogen-bond acceptors (Lipinski definition) is 5. The van der Waals surface area contributed by atoms with Gasteiger partial charge >= 0.3 is 5.97 Å². The number of carbonyl (C=O) groups is 2. The summed E-state index contributed by atoms with van der Waals surface area (Å²) in [5, 5.41) is 2.61. The Hall–Kier alpha value is -2.71. The SMILES string of the molecule is CC(C)c1ccc(NC(=O)COC(=O)CNS(=O)(=O)c2ccccc2)cc1. The summed E-state index contributed by atoms with van der Waals surface area (Å²) in [7, 11) is -3.81. The average Bonchev–Trinajstić information content (AvgIpc) is 2.66. The molecule has 0 unspecified atom stereocenters. The molecule has 1 amide bonds. The lowest BCUT2D eigenvalue weighted by Crippen LogP contribution is -2.32. The number of esters is 1. The van der Waals surface area contributed by atoms with Gasteiger partial charge < -0.3 is 10.1 Å². The number of ether oxygens (including phenoxy) is 1. The molecule has 2 rings (SSSR count). The second-order valence-electron chi connectivity index (χ2n) is 6.12. The average molecular weight is 390 g/mol. The first-order valence-corrected chi connectivity index (χ1v) is 9.86. The van der Waals surface area contributed by atoms with Crippen molar-refractivity contribution in [1.82, 2.24) is 4.72 Å². The van der Waals surface area contributed by atoms with Gasteiger partial charge in [-0.15, -0.1) is 0 Å². The number of hydrogen-bond donors (Lipinski definition) is 2. The van der Waals surface area contributed by atoms with Gasteiger partial charge in [0.2, 0.25) is 10.0 Å². The van der Waals surface area contributed by atoms with Crippen LogP contribution >= 0.6 is 0 Å². The number of rotatable bonds is 8. The summed E-state index contributed by atoms with van der Waals surface area (Å²) in [5.41, 5.74) is 1.73. The molecule has 0 saturated carbocycles. The first-order valence-electron chi connectivity index (χ1n) is 8.38. The molecule has 2 aromatic carbocycles. The monoisotopic (exact) mass is 390 g/mol. The number of carbonyl (C=O) groups excluding carboxylic acids is 2. The van der Waals surface area contributed by atoms with Gasteiger partial charge in [-0.05, 0) is 35.7 Å². The highest BCUT2D eigenvalue weighted by atomic mass is 32.2. The van der Waals surface area contributed by atoms with Crippen LogP contribution < -0.4 is 10.0 Å². The van der Waals surface area contributed by atoms with E-state index in [1.165, 1.54) is 12.1 Å². The van der Waals surface area contributed by atoms with Crippen LogP contribution in [-0.4, -0.2) is 33.4 Å². The highest BCUT2D eigenvalue weighted by molar-refractivity contribution is 7.89. The van der Waals surface area contributed by atoms with Crippen molar-refractivity contribution in [1.29, 1.82) is 0 Å². The van der Waals surface area contributed by atoms with Gasteiger partial charge in [-0.3, -0.25) is 9.59 Å². The first-order chi connectivity index (χ1) is 12.8. The number of amides is 1. The summed E-state index contributed by atoms with van der Waals surface area (Å²) in [6, 6.07) is 15.0. The third-order valence-electron chi connectivity index (χ3n) is 3.69. The minimum absolute atomic E-state index is 0.0420. The lowest BCUT2D eigenvalue weighted by atomic mass is 10.0. The zero-order chi connectivity index (χ0) is 19.9. The van der Waals surface area contributed by atoms with E-state index in [1.807, 2.05) is 12.1 Å². The minimum Gasteiger partial charge on any atom is -0.455 e. The highest BCUT2D eigenvalue weighted by Gasteiger charge is 2.16. The molecule has 0 bridgehead atoms. The summed E-state index contributed by atoms with van der Waals surface area (Å²) in [5.74, 6) is -0.971. The summed E-state index contributed by atoms with van der Waals surface area (Å²) >= 11 is 0. The maximum Gasteiger partial charge on any atom is 0.321 e. The fourth-order valence-corrected chi connectivity index (χ4v) is 3.17. The normalized spacial score (nSPS) is 11.2. The Balaban J connectivity index is 1.77. The molecule has 0 aromatic heterocycles. The Kier molecular flexibility index (Phi) is 7.09. The molecule has 0 heterocycles. The smallest absolute Gasteiger partial charge is 0.321 e. The van der Waals surface area contributed by atoms with Gasteiger partial charge in [0.25, 0.3) is 5.91 Å². The zero-order valence-corrected chi connectivity index (χ0v) is 16.0. The van der Waals surface area contributed by atoms with E-state index in [1.54, 1.807) is 30.3 Å². The summed E-state index contributed by atoms with van der Waals surface area (Å²) in [6.07, 6.45) is 0. The molecule has 0 saturated heterocycles. The van der Waals surface area contributed by atoms with E-state index in [0.29, 0.717) is 11.6 Å². The van der Waals surface area contributed by atoms with Crippen LogP contribution in [0.25, 0.3) is 0 Å². The van der Waals surface area contributed by atoms with Crippen molar-refractivity contribution in [2.24, 2.45) is 0 Å². The molecule has 8 heteroatoms. The topological polar surface area (TPSA) is 102 Å². The van der Waals surface area contributed by atoms with Crippen molar-refractivity contribution < 1.29 is 22.7 Å². The van der Waals surface area contributed by atoms with Crippen molar-refractivity contribution in [3.63, 3.8) is 0 Å². The minimum atomic E-state index is -3.81. The standard InChI is InChI=1S/C19H22N2O5S/c1-14(2)15-8-10-16(11-9-15)21-18(22)13-26-19(23)12-20-27(24,25)17-6-4-3-5-7-17/h3-11,14,20H,12-13H2,1-2H3,(H,21,22). The molecule has 7 nitrogen and oxygen atoms in total. The highest BCUT2D eigenvalue weighted by Crippen LogP contribution is 2.17. The molecule has 0 atom stereocenters. The van der Waals surface area contributed by atoms with Crippen molar-refractivity contribution in [3.05, 3.63) is 60.2 Å². The second kappa shape index (κ2) is 9.29. The maximum atomic E-state index is 12.0. The quantitative estimate of drug-likeness (QED) is 0.673. The molecular weight excluding hydrogens is 368 g/mol. The third kappa shape index (κ3) is 6.50. The molecule has 0 aliphatic carbocycles. The van der Waals surface area contributed by atoms with Crippen molar-refractivity contribution in [2.45, 2.75) is 24.7 Å². The van der Waals surface area contributed by atoms with Gasteiger partial charge in [0, 0.05) is 5.69 Å². The molecular formula is C19H22N2O5S. The first kappa shape index (κ1) is 20.6. The van der Waals surface area contributed by atoms with E-state index in [0.717, 1.165) is 5.56 Å². The lowest BCUT2D eigenvalue weighted by Gasteiger charge is -2.09. The van der Waals surface area contributed by atoms with E-state index in [-0.39, 0.29) is 4.90 Å². The molecule has 0 fully saturated rings. The van der Waals surface area contributed by atoms with Crippen LogP contribution in [0, 0.1) is 0 Å². The van der Waals surface area contributed by atoms with Gasteiger partial charge in [-0.1, -0.05) is 44.2 Å². The lowest BCUT2D eigenvalue weighted by molar-refractivity contribution is -0.146. The predicted octanol–water partition coefficient (Wildman–Crippen LogP) is 2.27. The van der Waals surface area contributed by atoms with Gasteiger partial charge in [0.15, 0.2) is 6.61 Å². The van der Waals surface area contributed by atoms with E-state index < -0.39 is 35.1 Å². The van der Waals surface area contributed by atoms with Crippen molar-refractivity contribution in [3.8, 4) is 0 Å². The number of anilines is 1.